The Morgan fingerprint density at radius 3 is 2.42 bits per heavy atom. The van der Waals surface area contributed by atoms with Gasteiger partial charge in [-0.25, -0.2) is 0 Å². The second kappa shape index (κ2) is 6.66. The molecule has 2 rings (SSSR count). The Morgan fingerprint density at radius 1 is 1.05 bits per heavy atom. The Morgan fingerprint density at radius 2 is 1.74 bits per heavy atom. The van der Waals surface area contributed by atoms with Crippen molar-refractivity contribution >= 4 is 5.97 Å². The number of aliphatic carboxylic acids is 1. The molecule has 2 aromatic rings. The van der Waals surface area contributed by atoms with Crippen molar-refractivity contribution in [1.82, 2.24) is 4.98 Å². The molecule has 0 saturated carbocycles. The van der Waals surface area contributed by atoms with Crippen LogP contribution in [0, 0.1) is 0 Å². The van der Waals surface area contributed by atoms with Gasteiger partial charge in [0.25, 0.3) is 0 Å². The number of hydrogen-bond acceptors (Lipinski definition) is 3. The van der Waals surface area contributed by atoms with Crippen LogP contribution in [0.3, 0.4) is 0 Å². The van der Waals surface area contributed by atoms with Gasteiger partial charge in [-0.2, -0.15) is 0 Å². The average Bonchev–Trinajstić information content (AvgIpc) is 2.41. The van der Waals surface area contributed by atoms with Crippen molar-refractivity contribution in [3.8, 4) is 0 Å². The molecule has 0 aliphatic heterocycles. The van der Waals surface area contributed by atoms with Gasteiger partial charge in [0.1, 0.15) is 0 Å². The maximum atomic E-state index is 10.8. The van der Waals surface area contributed by atoms with Gasteiger partial charge >= 0.3 is 5.97 Å². The van der Waals surface area contributed by atoms with E-state index in [0.29, 0.717) is 13.2 Å². The maximum absolute atomic E-state index is 10.8. The standard InChI is InChI=1S/C15H15NO3/c17-15(18)9-13-3-1-2-4-14(13)11-19-10-12-5-7-16-8-6-12/h1-8H,9-11H2,(H,17,18). The molecular weight excluding hydrogens is 242 g/mol. The fraction of sp³-hybridized carbons (Fsp3) is 0.200. The van der Waals surface area contributed by atoms with E-state index in [1.807, 2.05) is 36.4 Å². The van der Waals surface area contributed by atoms with Gasteiger partial charge in [0, 0.05) is 12.4 Å². The first-order valence-electron chi connectivity index (χ1n) is 6.01. The SMILES string of the molecule is O=C(O)Cc1ccccc1COCc1ccncc1. The highest BCUT2D eigenvalue weighted by molar-refractivity contribution is 5.70. The quantitative estimate of drug-likeness (QED) is 0.863. The first-order chi connectivity index (χ1) is 9.25. The van der Waals surface area contributed by atoms with Gasteiger partial charge in [0.2, 0.25) is 0 Å². The second-order valence-corrected chi connectivity index (χ2v) is 4.19. The number of carboxylic acids is 1. The van der Waals surface area contributed by atoms with Crippen LogP contribution >= 0.6 is 0 Å². The molecule has 1 heterocycles. The van der Waals surface area contributed by atoms with Gasteiger partial charge in [-0.05, 0) is 28.8 Å². The number of pyridine rings is 1. The van der Waals surface area contributed by atoms with Crippen molar-refractivity contribution < 1.29 is 14.6 Å². The third-order valence-electron chi connectivity index (χ3n) is 2.74. The van der Waals surface area contributed by atoms with Gasteiger partial charge in [-0.15, -0.1) is 0 Å². The van der Waals surface area contributed by atoms with Gasteiger partial charge in [0.05, 0.1) is 19.6 Å². The summed E-state index contributed by atoms with van der Waals surface area (Å²) in [6, 6.07) is 11.2. The number of hydrogen-bond donors (Lipinski definition) is 1. The number of benzene rings is 1. The summed E-state index contributed by atoms with van der Waals surface area (Å²) < 4.78 is 5.61. The van der Waals surface area contributed by atoms with Crippen molar-refractivity contribution in [3.05, 3.63) is 65.5 Å². The largest absolute Gasteiger partial charge is 0.481 e. The van der Waals surface area contributed by atoms with Gasteiger partial charge in [-0.3, -0.25) is 9.78 Å². The number of carbonyl (C=O) groups is 1. The second-order valence-electron chi connectivity index (χ2n) is 4.19. The summed E-state index contributed by atoms with van der Waals surface area (Å²) in [5.74, 6) is -0.832. The summed E-state index contributed by atoms with van der Waals surface area (Å²) >= 11 is 0. The molecule has 0 aliphatic carbocycles. The zero-order chi connectivity index (χ0) is 13.5. The van der Waals surface area contributed by atoms with Gasteiger partial charge in [-0.1, -0.05) is 24.3 Å². The van der Waals surface area contributed by atoms with Crippen molar-refractivity contribution in [2.45, 2.75) is 19.6 Å². The molecule has 19 heavy (non-hydrogen) atoms. The number of aromatic nitrogens is 1. The summed E-state index contributed by atoms with van der Waals surface area (Å²) in [7, 11) is 0. The van der Waals surface area contributed by atoms with Crippen LogP contribution < -0.4 is 0 Å². The summed E-state index contributed by atoms with van der Waals surface area (Å²) in [5, 5.41) is 8.85. The van der Waals surface area contributed by atoms with Crippen molar-refractivity contribution in [2.75, 3.05) is 0 Å². The Labute approximate surface area is 111 Å². The minimum Gasteiger partial charge on any atom is -0.481 e. The van der Waals surface area contributed by atoms with Crippen LogP contribution in [0.25, 0.3) is 0 Å². The Hall–Kier alpha value is -2.20. The highest BCUT2D eigenvalue weighted by Gasteiger charge is 2.06. The fourth-order valence-corrected chi connectivity index (χ4v) is 1.79. The molecular formula is C15H15NO3. The number of nitrogens with zero attached hydrogens (tertiary/aromatic N) is 1. The molecule has 4 heteroatoms. The summed E-state index contributed by atoms with van der Waals surface area (Å²) in [4.78, 5) is 14.7. The van der Waals surface area contributed by atoms with Crippen molar-refractivity contribution in [1.29, 1.82) is 0 Å². The molecule has 0 saturated heterocycles. The summed E-state index contributed by atoms with van der Waals surface area (Å²) in [5.41, 5.74) is 2.76. The molecule has 1 N–H and O–H groups in total. The third kappa shape index (κ3) is 4.19. The molecule has 98 valence electrons. The molecule has 0 aliphatic rings. The Kier molecular flexibility index (Phi) is 4.64. The number of rotatable bonds is 6. The van der Waals surface area contributed by atoms with Crippen LogP contribution in [-0.2, 0) is 29.2 Å². The zero-order valence-electron chi connectivity index (χ0n) is 10.5. The van der Waals surface area contributed by atoms with E-state index in [0.717, 1.165) is 16.7 Å². The van der Waals surface area contributed by atoms with E-state index in [-0.39, 0.29) is 6.42 Å². The minimum absolute atomic E-state index is 0.0226. The molecule has 1 aromatic carbocycles. The van der Waals surface area contributed by atoms with Crippen LogP contribution in [0.15, 0.2) is 48.8 Å². The normalized spacial score (nSPS) is 10.3. The highest BCUT2D eigenvalue weighted by Crippen LogP contribution is 2.12. The molecule has 0 unspecified atom stereocenters. The Balaban J connectivity index is 1.94. The van der Waals surface area contributed by atoms with E-state index in [1.165, 1.54) is 0 Å². The first-order valence-corrected chi connectivity index (χ1v) is 6.01. The van der Waals surface area contributed by atoms with Crippen LogP contribution in [-0.4, -0.2) is 16.1 Å². The van der Waals surface area contributed by atoms with Crippen LogP contribution in [0.4, 0.5) is 0 Å². The van der Waals surface area contributed by atoms with E-state index in [2.05, 4.69) is 4.98 Å². The lowest BCUT2D eigenvalue weighted by Gasteiger charge is -2.08. The average molecular weight is 257 g/mol. The van der Waals surface area contributed by atoms with Crippen molar-refractivity contribution in [3.63, 3.8) is 0 Å². The molecule has 0 spiro atoms. The molecule has 4 nitrogen and oxygen atoms in total. The van der Waals surface area contributed by atoms with E-state index in [4.69, 9.17) is 9.84 Å². The molecule has 0 radical (unpaired) electrons. The van der Waals surface area contributed by atoms with Gasteiger partial charge in [0.15, 0.2) is 0 Å². The molecule has 0 bridgehead atoms. The van der Waals surface area contributed by atoms with Crippen LogP contribution in [0.5, 0.6) is 0 Å². The predicted octanol–water partition coefficient (Wildman–Crippen LogP) is 2.43. The topological polar surface area (TPSA) is 59.4 Å². The smallest absolute Gasteiger partial charge is 0.307 e. The molecule has 0 fully saturated rings. The van der Waals surface area contributed by atoms with E-state index in [9.17, 15) is 4.79 Å². The van der Waals surface area contributed by atoms with E-state index < -0.39 is 5.97 Å². The Bertz CT molecular complexity index is 540. The van der Waals surface area contributed by atoms with Crippen LogP contribution in [0.2, 0.25) is 0 Å². The monoisotopic (exact) mass is 257 g/mol. The zero-order valence-corrected chi connectivity index (χ0v) is 10.5. The predicted molar refractivity (Wildman–Crippen MR) is 70.5 cm³/mol. The lowest BCUT2D eigenvalue weighted by Crippen LogP contribution is -2.04. The minimum atomic E-state index is -0.832. The molecule has 0 amide bonds. The summed E-state index contributed by atoms with van der Waals surface area (Å²) in [6.45, 7) is 0.899. The van der Waals surface area contributed by atoms with E-state index in [1.54, 1.807) is 12.4 Å². The molecule has 0 atom stereocenters. The highest BCUT2D eigenvalue weighted by atomic mass is 16.5. The maximum Gasteiger partial charge on any atom is 0.307 e. The van der Waals surface area contributed by atoms with Gasteiger partial charge < -0.3 is 9.84 Å². The summed E-state index contributed by atoms with van der Waals surface area (Å²) in [6.07, 6.45) is 3.46. The number of ether oxygens (including phenoxy) is 1. The third-order valence-corrected chi connectivity index (χ3v) is 2.74. The van der Waals surface area contributed by atoms with E-state index >= 15 is 0 Å². The first kappa shape index (κ1) is 13.2. The van der Waals surface area contributed by atoms with Crippen LogP contribution in [0.1, 0.15) is 16.7 Å². The molecule has 1 aromatic heterocycles. The van der Waals surface area contributed by atoms with Crippen molar-refractivity contribution in [2.24, 2.45) is 0 Å². The fourth-order valence-electron chi connectivity index (χ4n) is 1.79. The lowest BCUT2D eigenvalue weighted by atomic mass is 10.1. The number of carboxylic acid groups (broad SMARTS) is 1. The lowest BCUT2D eigenvalue weighted by molar-refractivity contribution is -0.136.